The third-order valence-corrected chi connectivity index (χ3v) is 5.50. The molecule has 132 valence electrons. The first-order valence-electron chi connectivity index (χ1n) is 9.31. The summed E-state index contributed by atoms with van der Waals surface area (Å²) in [5.41, 5.74) is 3.99. The number of rotatable bonds is 3. The third kappa shape index (κ3) is 3.32. The Labute approximate surface area is 155 Å². The Kier molecular flexibility index (Phi) is 4.42. The van der Waals surface area contributed by atoms with Gasteiger partial charge in [0.05, 0.1) is 6.54 Å². The predicted octanol–water partition coefficient (Wildman–Crippen LogP) is 4.99. The molecule has 1 spiro atoms. The Morgan fingerprint density at radius 3 is 2.54 bits per heavy atom. The number of ether oxygens (including phenoxy) is 1. The summed E-state index contributed by atoms with van der Waals surface area (Å²) in [5, 5.41) is 0. The van der Waals surface area contributed by atoms with Crippen LogP contribution < -0.4 is 0 Å². The molecule has 0 radical (unpaired) electrons. The minimum atomic E-state index is -0.231. The van der Waals surface area contributed by atoms with E-state index in [0.29, 0.717) is 6.54 Å². The van der Waals surface area contributed by atoms with Gasteiger partial charge in [0.25, 0.3) is 0 Å². The van der Waals surface area contributed by atoms with Gasteiger partial charge in [0.2, 0.25) is 0 Å². The molecule has 0 bridgehead atoms. The van der Waals surface area contributed by atoms with Gasteiger partial charge in [-0.3, -0.25) is 4.90 Å². The van der Waals surface area contributed by atoms with E-state index in [9.17, 15) is 4.79 Å². The fourth-order valence-corrected chi connectivity index (χ4v) is 4.08. The molecule has 0 unspecified atom stereocenters. The summed E-state index contributed by atoms with van der Waals surface area (Å²) in [5.74, 6) is 2.67. The van der Waals surface area contributed by atoms with Crippen molar-refractivity contribution in [1.29, 1.82) is 0 Å². The maximum absolute atomic E-state index is 12.3. The van der Waals surface area contributed by atoms with Gasteiger partial charge in [-0.2, -0.15) is 0 Å². The molecule has 1 saturated heterocycles. The number of amides is 1. The standard InChI is InChI=1S/C23H23NO2/c1-2-18-7-6-8-21(15-18)20-11-9-19(10-12-20)16-24-17-23(26-22(24)25)13-4-3-5-14-23/h1,6-12,15H,3-5,13-14,16-17H2. The van der Waals surface area contributed by atoms with E-state index in [-0.39, 0.29) is 11.7 Å². The summed E-state index contributed by atoms with van der Waals surface area (Å²) < 4.78 is 5.76. The second-order valence-corrected chi connectivity index (χ2v) is 7.39. The number of hydrogen-bond acceptors (Lipinski definition) is 2. The van der Waals surface area contributed by atoms with E-state index in [4.69, 9.17) is 11.2 Å². The Bertz CT molecular complexity index is 841. The molecule has 0 aromatic heterocycles. The number of carbonyl (C=O) groups is 1. The molecular weight excluding hydrogens is 322 g/mol. The zero-order valence-electron chi connectivity index (χ0n) is 14.9. The zero-order chi connectivity index (χ0) is 18.0. The van der Waals surface area contributed by atoms with E-state index in [2.05, 4.69) is 36.3 Å². The van der Waals surface area contributed by atoms with Gasteiger partial charge in [-0.15, -0.1) is 6.42 Å². The fourth-order valence-electron chi connectivity index (χ4n) is 4.08. The van der Waals surface area contributed by atoms with Crippen molar-refractivity contribution in [3.8, 4) is 23.5 Å². The first-order chi connectivity index (χ1) is 12.7. The van der Waals surface area contributed by atoms with Crippen molar-refractivity contribution < 1.29 is 9.53 Å². The number of benzene rings is 2. The van der Waals surface area contributed by atoms with Crippen molar-refractivity contribution in [2.24, 2.45) is 0 Å². The highest BCUT2D eigenvalue weighted by molar-refractivity contribution is 5.71. The summed E-state index contributed by atoms with van der Waals surface area (Å²) in [6, 6.07) is 16.3. The van der Waals surface area contributed by atoms with Gasteiger partial charge >= 0.3 is 6.09 Å². The van der Waals surface area contributed by atoms with E-state index < -0.39 is 0 Å². The number of carbonyl (C=O) groups excluding carboxylic acids is 1. The van der Waals surface area contributed by atoms with Gasteiger partial charge in [-0.05, 0) is 54.5 Å². The molecule has 2 aromatic rings. The summed E-state index contributed by atoms with van der Waals surface area (Å²) in [4.78, 5) is 14.1. The quantitative estimate of drug-likeness (QED) is 0.734. The molecule has 0 atom stereocenters. The van der Waals surface area contributed by atoms with E-state index >= 15 is 0 Å². The van der Waals surface area contributed by atoms with Gasteiger partial charge in [0.1, 0.15) is 5.60 Å². The van der Waals surface area contributed by atoms with Crippen molar-refractivity contribution in [3.05, 3.63) is 59.7 Å². The van der Waals surface area contributed by atoms with Crippen molar-refractivity contribution in [3.63, 3.8) is 0 Å². The van der Waals surface area contributed by atoms with Crippen LogP contribution in [0.3, 0.4) is 0 Å². The smallest absolute Gasteiger partial charge is 0.410 e. The average Bonchev–Trinajstić information content (AvgIpc) is 2.97. The normalized spacial score (nSPS) is 18.6. The molecule has 4 rings (SSSR count). The highest BCUT2D eigenvalue weighted by Gasteiger charge is 2.45. The molecule has 26 heavy (non-hydrogen) atoms. The first kappa shape index (κ1) is 16.7. The van der Waals surface area contributed by atoms with E-state index in [0.717, 1.165) is 54.5 Å². The van der Waals surface area contributed by atoms with Crippen LogP contribution in [0.25, 0.3) is 11.1 Å². The SMILES string of the molecule is C#Cc1cccc(-c2ccc(CN3CC4(CCCCC4)OC3=O)cc2)c1. The first-order valence-corrected chi connectivity index (χ1v) is 9.31. The maximum atomic E-state index is 12.3. The molecule has 1 aliphatic heterocycles. The van der Waals surface area contributed by atoms with Crippen LogP contribution in [0.1, 0.15) is 43.2 Å². The lowest BCUT2D eigenvalue weighted by Crippen LogP contribution is -2.36. The zero-order valence-corrected chi connectivity index (χ0v) is 14.9. The van der Waals surface area contributed by atoms with Gasteiger partial charge < -0.3 is 4.74 Å². The van der Waals surface area contributed by atoms with Crippen LogP contribution in [-0.4, -0.2) is 23.1 Å². The van der Waals surface area contributed by atoms with Crippen molar-refractivity contribution in [1.82, 2.24) is 4.90 Å². The second-order valence-electron chi connectivity index (χ2n) is 7.39. The number of terminal acetylenes is 1. The van der Waals surface area contributed by atoms with Crippen LogP contribution in [-0.2, 0) is 11.3 Å². The number of nitrogens with zero attached hydrogens (tertiary/aromatic N) is 1. The third-order valence-electron chi connectivity index (χ3n) is 5.50. The molecule has 3 heteroatoms. The Balaban J connectivity index is 1.46. The summed E-state index contributed by atoms with van der Waals surface area (Å²) >= 11 is 0. The lowest BCUT2D eigenvalue weighted by Gasteiger charge is -2.30. The van der Waals surface area contributed by atoms with Gasteiger partial charge in [-0.25, -0.2) is 4.79 Å². The van der Waals surface area contributed by atoms with Crippen LogP contribution in [0, 0.1) is 12.3 Å². The molecule has 0 N–H and O–H groups in total. The van der Waals surface area contributed by atoms with Crippen molar-refractivity contribution in [2.45, 2.75) is 44.2 Å². The molecular formula is C23H23NO2. The molecule has 1 aliphatic carbocycles. The summed E-state index contributed by atoms with van der Waals surface area (Å²) in [6.45, 7) is 1.32. The lowest BCUT2D eigenvalue weighted by atomic mass is 9.85. The van der Waals surface area contributed by atoms with E-state index in [1.54, 1.807) is 0 Å². The molecule has 2 aromatic carbocycles. The Morgan fingerprint density at radius 1 is 1.04 bits per heavy atom. The predicted molar refractivity (Wildman–Crippen MR) is 103 cm³/mol. The van der Waals surface area contributed by atoms with E-state index in [1.807, 2.05) is 23.1 Å². The van der Waals surface area contributed by atoms with E-state index in [1.165, 1.54) is 6.42 Å². The van der Waals surface area contributed by atoms with Crippen LogP contribution in [0.4, 0.5) is 4.79 Å². The molecule has 3 nitrogen and oxygen atoms in total. The van der Waals surface area contributed by atoms with Crippen LogP contribution in [0.5, 0.6) is 0 Å². The molecule has 1 amide bonds. The second kappa shape index (κ2) is 6.88. The largest absolute Gasteiger partial charge is 0.441 e. The minimum absolute atomic E-state index is 0.169. The van der Waals surface area contributed by atoms with Crippen LogP contribution >= 0.6 is 0 Å². The Hall–Kier alpha value is -2.73. The monoisotopic (exact) mass is 345 g/mol. The number of hydrogen-bond donors (Lipinski definition) is 0. The highest BCUT2D eigenvalue weighted by Crippen LogP contribution is 2.37. The Morgan fingerprint density at radius 2 is 1.81 bits per heavy atom. The van der Waals surface area contributed by atoms with Crippen LogP contribution in [0.2, 0.25) is 0 Å². The molecule has 1 heterocycles. The lowest BCUT2D eigenvalue weighted by molar-refractivity contribution is 0.0260. The van der Waals surface area contributed by atoms with Gasteiger partial charge in [0, 0.05) is 12.1 Å². The molecule has 1 saturated carbocycles. The van der Waals surface area contributed by atoms with Gasteiger partial charge in [0.15, 0.2) is 0 Å². The van der Waals surface area contributed by atoms with Crippen LogP contribution in [0.15, 0.2) is 48.5 Å². The van der Waals surface area contributed by atoms with Gasteiger partial charge in [-0.1, -0.05) is 48.7 Å². The fraction of sp³-hybridized carbons (Fsp3) is 0.348. The molecule has 2 fully saturated rings. The average molecular weight is 345 g/mol. The minimum Gasteiger partial charge on any atom is -0.441 e. The maximum Gasteiger partial charge on any atom is 0.410 e. The van der Waals surface area contributed by atoms with Crippen molar-refractivity contribution in [2.75, 3.05) is 6.54 Å². The summed E-state index contributed by atoms with van der Waals surface area (Å²) in [7, 11) is 0. The topological polar surface area (TPSA) is 29.5 Å². The summed E-state index contributed by atoms with van der Waals surface area (Å²) in [6.07, 6.45) is 10.9. The highest BCUT2D eigenvalue weighted by atomic mass is 16.6. The van der Waals surface area contributed by atoms with Crippen molar-refractivity contribution >= 4 is 6.09 Å². The molecule has 2 aliphatic rings.